The first-order valence-corrected chi connectivity index (χ1v) is 15.2. The minimum atomic E-state index is -3.69. The number of imidazole rings is 1. The van der Waals surface area contributed by atoms with Gasteiger partial charge in [-0.05, 0) is 54.2 Å². The number of sulfonamides is 1. The SMILES string of the molecule is CC(C)C#Cc1nc(N)c2ncn(CCCCOC(=O)NCc3ccc(S(=O)(=O)NCc4ccc(Cl)cc4)cc3)c2n1. The highest BCUT2D eigenvalue weighted by atomic mass is 35.5. The lowest BCUT2D eigenvalue weighted by atomic mass is 10.2. The van der Waals surface area contributed by atoms with Gasteiger partial charge in [0.15, 0.2) is 11.5 Å². The smallest absolute Gasteiger partial charge is 0.407 e. The number of hydrogen-bond acceptors (Lipinski definition) is 8. The summed E-state index contributed by atoms with van der Waals surface area (Å²) in [6.45, 7) is 5.15. The number of nitrogens with two attached hydrogens (primary N) is 1. The van der Waals surface area contributed by atoms with E-state index < -0.39 is 16.1 Å². The molecule has 0 unspecified atom stereocenters. The van der Waals surface area contributed by atoms with Crippen molar-refractivity contribution in [2.75, 3.05) is 12.3 Å². The van der Waals surface area contributed by atoms with Gasteiger partial charge in [0.1, 0.15) is 5.52 Å². The molecule has 11 nitrogen and oxygen atoms in total. The summed E-state index contributed by atoms with van der Waals surface area (Å²) in [4.78, 5) is 25.3. The van der Waals surface area contributed by atoms with Gasteiger partial charge in [-0.15, -0.1) is 0 Å². The maximum absolute atomic E-state index is 12.6. The van der Waals surface area contributed by atoms with Gasteiger partial charge < -0.3 is 20.4 Å². The number of rotatable bonds is 11. The van der Waals surface area contributed by atoms with Gasteiger partial charge in [0.25, 0.3) is 0 Å². The average molecular weight is 610 g/mol. The molecule has 0 fully saturated rings. The molecule has 13 heteroatoms. The third-order valence-electron chi connectivity index (χ3n) is 6.04. The zero-order chi connectivity index (χ0) is 30.1. The van der Waals surface area contributed by atoms with Crippen LogP contribution in [0.3, 0.4) is 0 Å². The second-order valence-electron chi connectivity index (χ2n) is 9.76. The van der Waals surface area contributed by atoms with Crippen LogP contribution in [0.4, 0.5) is 10.6 Å². The number of benzene rings is 2. The second kappa shape index (κ2) is 14.1. The number of carbonyl (C=O) groups excluding carboxylic acids is 1. The van der Waals surface area contributed by atoms with E-state index in [1.807, 2.05) is 18.4 Å². The fraction of sp³-hybridized carbons (Fsp3) is 0.310. The first-order chi connectivity index (χ1) is 20.1. The number of anilines is 1. The van der Waals surface area contributed by atoms with E-state index in [0.717, 1.165) is 17.5 Å². The summed E-state index contributed by atoms with van der Waals surface area (Å²) in [7, 11) is -3.69. The Hall–Kier alpha value is -4.18. The van der Waals surface area contributed by atoms with Crippen molar-refractivity contribution in [2.45, 2.75) is 51.2 Å². The number of hydrogen-bond donors (Lipinski definition) is 3. The lowest BCUT2D eigenvalue weighted by Gasteiger charge is -2.09. The van der Waals surface area contributed by atoms with Crippen LogP contribution in [0.15, 0.2) is 59.8 Å². The highest BCUT2D eigenvalue weighted by molar-refractivity contribution is 7.89. The lowest BCUT2D eigenvalue weighted by Crippen LogP contribution is -2.25. The van der Waals surface area contributed by atoms with Crippen LogP contribution in [-0.2, 0) is 34.4 Å². The number of ether oxygens (including phenoxy) is 1. The number of carbonyl (C=O) groups is 1. The summed E-state index contributed by atoms with van der Waals surface area (Å²) < 4.78 is 34.9. The molecule has 0 aliphatic heterocycles. The first-order valence-electron chi connectivity index (χ1n) is 13.3. The van der Waals surface area contributed by atoms with E-state index in [2.05, 4.69) is 36.8 Å². The molecule has 0 saturated heterocycles. The van der Waals surface area contributed by atoms with Crippen LogP contribution in [0, 0.1) is 17.8 Å². The van der Waals surface area contributed by atoms with Crippen LogP contribution in [0.2, 0.25) is 5.02 Å². The Labute approximate surface area is 249 Å². The van der Waals surface area contributed by atoms with E-state index in [-0.39, 0.29) is 36.3 Å². The highest BCUT2D eigenvalue weighted by Gasteiger charge is 2.14. The molecule has 4 aromatic rings. The predicted octanol–water partition coefficient (Wildman–Crippen LogP) is 4.25. The van der Waals surface area contributed by atoms with Gasteiger partial charge in [-0.1, -0.05) is 55.6 Å². The lowest BCUT2D eigenvalue weighted by molar-refractivity contribution is 0.143. The fourth-order valence-corrected chi connectivity index (χ4v) is 4.96. The zero-order valence-electron chi connectivity index (χ0n) is 23.3. The third-order valence-corrected chi connectivity index (χ3v) is 7.71. The van der Waals surface area contributed by atoms with Gasteiger partial charge in [-0.2, -0.15) is 0 Å². The maximum atomic E-state index is 12.6. The van der Waals surface area contributed by atoms with Crippen molar-refractivity contribution >= 4 is 44.7 Å². The van der Waals surface area contributed by atoms with Crippen LogP contribution in [-0.4, -0.2) is 40.6 Å². The van der Waals surface area contributed by atoms with Gasteiger partial charge in [-0.25, -0.2) is 32.9 Å². The van der Waals surface area contributed by atoms with Crippen molar-refractivity contribution in [1.29, 1.82) is 0 Å². The molecule has 2 heterocycles. The van der Waals surface area contributed by atoms with Crippen LogP contribution >= 0.6 is 11.6 Å². The zero-order valence-corrected chi connectivity index (χ0v) is 24.9. The van der Waals surface area contributed by atoms with E-state index >= 15 is 0 Å². The number of nitrogens with zero attached hydrogens (tertiary/aromatic N) is 4. The Kier molecular flexibility index (Phi) is 10.4. The molecule has 0 bridgehead atoms. The largest absolute Gasteiger partial charge is 0.450 e. The molecule has 0 saturated carbocycles. The minimum Gasteiger partial charge on any atom is -0.450 e. The highest BCUT2D eigenvalue weighted by Crippen LogP contribution is 2.17. The summed E-state index contributed by atoms with van der Waals surface area (Å²) in [6, 6.07) is 13.2. The van der Waals surface area contributed by atoms with Crippen LogP contribution in [0.25, 0.3) is 11.2 Å². The number of aryl methyl sites for hydroxylation is 1. The van der Waals surface area contributed by atoms with Crippen molar-refractivity contribution in [3.8, 4) is 11.8 Å². The number of unbranched alkanes of at least 4 members (excludes halogenated alkanes) is 1. The molecule has 42 heavy (non-hydrogen) atoms. The van der Waals surface area contributed by atoms with Crippen LogP contribution in [0.1, 0.15) is 43.6 Å². The average Bonchev–Trinajstić information content (AvgIpc) is 3.38. The Morgan fingerprint density at radius 3 is 2.45 bits per heavy atom. The molecule has 0 aliphatic carbocycles. The Morgan fingerprint density at radius 1 is 1.05 bits per heavy atom. The summed E-state index contributed by atoms with van der Waals surface area (Å²) >= 11 is 5.87. The van der Waals surface area contributed by atoms with Crippen LogP contribution < -0.4 is 15.8 Å². The van der Waals surface area contributed by atoms with Gasteiger partial charge in [0.05, 0.1) is 17.8 Å². The van der Waals surface area contributed by atoms with E-state index in [1.54, 1.807) is 42.7 Å². The molecule has 4 rings (SSSR count). The molecule has 220 valence electrons. The Bertz CT molecular complexity index is 1690. The topological polar surface area (TPSA) is 154 Å². The number of nitrogens with one attached hydrogen (secondary N) is 2. The summed E-state index contributed by atoms with van der Waals surface area (Å²) in [5, 5.41) is 3.26. The minimum absolute atomic E-state index is 0.127. The van der Waals surface area contributed by atoms with E-state index in [9.17, 15) is 13.2 Å². The van der Waals surface area contributed by atoms with Gasteiger partial charge in [-0.3, -0.25) is 0 Å². The summed E-state index contributed by atoms with van der Waals surface area (Å²) in [5.41, 5.74) is 8.69. The number of halogens is 1. The number of amides is 1. The molecule has 4 N–H and O–H groups in total. The van der Waals surface area contributed by atoms with Crippen molar-refractivity contribution in [2.24, 2.45) is 5.92 Å². The van der Waals surface area contributed by atoms with Crippen molar-refractivity contribution < 1.29 is 17.9 Å². The Morgan fingerprint density at radius 2 is 1.74 bits per heavy atom. The normalized spacial score (nSPS) is 11.3. The summed E-state index contributed by atoms with van der Waals surface area (Å²) in [6.07, 6.45) is 2.45. The van der Waals surface area contributed by atoms with Crippen molar-refractivity contribution in [3.05, 3.63) is 76.8 Å². The Balaban J connectivity index is 1.18. The number of aromatic nitrogens is 4. The van der Waals surface area contributed by atoms with Crippen molar-refractivity contribution in [1.82, 2.24) is 29.6 Å². The van der Waals surface area contributed by atoms with Gasteiger partial charge >= 0.3 is 6.09 Å². The molecular formula is C29H32ClN7O4S. The third kappa shape index (κ3) is 8.66. The molecular weight excluding hydrogens is 578 g/mol. The van der Waals surface area contributed by atoms with Gasteiger partial charge in [0, 0.05) is 30.6 Å². The second-order valence-corrected chi connectivity index (χ2v) is 12.0. The molecule has 0 atom stereocenters. The fourth-order valence-electron chi connectivity index (χ4n) is 3.82. The molecule has 2 aromatic heterocycles. The maximum Gasteiger partial charge on any atom is 0.407 e. The van der Waals surface area contributed by atoms with E-state index in [4.69, 9.17) is 22.1 Å². The number of nitrogen functional groups attached to an aromatic ring is 1. The van der Waals surface area contributed by atoms with Crippen molar-refractivity contribution in [3.63, 3.8) is 0 Å². The number of alkyl carbamates (subject to hydrolysis) is 1. The predicted molar refractivity (Wildman–Crippen MR) is 161 cm³/mol. The molecule has 2 aromatic carbocycles. The summed E-state index contributed by atoms with van der Waals surface area (Å²) in [5.74, 6) is 6.80. The number of fused-ring (bicyclic) bond motifs is 1. The quantitative estimate of drug-likeness (QED) is 0.168. The van der Waals surface area contributed by atoms with E-state index in [1.165, 1.54) is 12.1 Å². The van der Waals surface area contributed by atoms with Gasteiger partial charge in [0.2, 0.25) is 15.8 Å². The molecule has 0 aliphatic rings. The van der Waals surface area contributed by atoms with E-state index in [0.29, 0.717) is 35.0 Å². The monoisotopic (exact) mass is 609 g/mol. The molecule has 1 amide bonds. The standard InChI is InChI=1S/C29H32ClN7O4S/c1-20(2)5-14-25-35-27(31)26-28(36-25)37(19-33-26)15-3-4-16-41-29(38)32-17-21-8-12-24(13-9-21)42(39,40)34-18-22-6-10-23(30)11-7-22/h6-13,19-20,34H,3-4,15-18H2,1-2H3,(H,32,38)(H2,31,35,36). The van der Waals surface area contributed by atoms with Crippen LogP contribution in [0.5, 0.6) is 0 Å². The first kappa shape index (κ1) is 30.8. The molecule has 0 spiro atoms. The molecule has 0 radical (unpaired) electrons.